The minimum atomic E-state index is -4.07. The number of halogens is 6. The maximum absolute atomic E-state index is 7.25. The monoisotopic (exact) mass is 904 g/mol. The molecule has 0 aliphatic heterocycles. The fourth-order valence-electron chi connectivity index (χ4n) is 4.89. The predicted molar refractivity (Wildman–Crippen MR) is 161 cm³/mol. The largest absolute Gasteiger partial charge is 0 e. The standard InChI is InChI=1S/C25H22P2.6ClH.2Pd.2Ti/c1-5-13-22(14-6-1)26(23-15-7-2-8-16-23)21-27(24-17-9-3-10-18-24)25-19-11-4-12-20-25;;;;;;;;;;/h1-20H,21H2;6*1H;;;;/q;;;;;;;;;2*+2/p-4. The maximum Gasteiger partial charge on any atom is 0 e. The van der Waals surface area contributed by atoms with E-state index in [-0.39, 0.29) is 40.8 Å². The van der Waals surface area contributed by atoms with E-state index in [4.69, 9.17) is 55.8 Å². The van der Waals surface area contributed by atoms with Crippen LogP contribution in [0.25, 0.3) is 0 Å². The van der Waals surface area contributed by atoms with E-state index < -0.39 is 36.3 Å². The molecule has 0 unspecified atom stereocenters. The van der Waals surface area contributed by atoms with Crippen LogP contribution in [0.3, 0.4) is 0 Å². The van der Waals surface area contributed by atoms with E-state index in [1.165, 1.54) is 0 Å². The Hall–Kier alpha value is 2.23. The molecular weight excluding hydrogens is 884 g/mol. The molecule has 0 fully saturated rings. The Morgan fingerprint density at radius 3 is 0.730 bits per heavy atom. The Balaban J connectivity index is 0.00000241. The van der Waals surface area contributed by atoms with Gasteiger partial charge < -0.3 is 0 Å². The summed E-state index contributed by atoms with van der Waals surface area (Å²) in [4.78, 5) is 0. The number of hydrogen-bond acceptors (Lipinski definition) is 0. The maximum atomic E-state index is 7.25. The second-order valence-electron chi connectivity index (χ2n) is 8.45. The van der Waals surface area contributed by atoms with Crippen molar-refractivity contribution in [1.29, 1.82) is 0 Å². The third kappa shape index (κ3) is 7.42. The smallest absolute Gasteiger partial charge is 0 e. The van der Waals surface area contributed by atoms with Gasteiger partial charge in [-0.1, -0.05) is 0 Å². The third-order valence-corrected chi connectivity index (χ3v) is 61.4. The van der Waals surface area contributed by atoms with Crippen molar-refractivity contribution in [2.24, 2.45) is 0 Å². The summed E-state index contributed by atoms with van der Waals surface area (Å²) >= 11 is -8.14. The van der Waals surface area contributed by atoms with E-state index in [1.54, 1.807) is 0 Å². The topological polar surface area (TPSA) is 0 Å². The van der Waals surface area contributed by atoms with Crippen LogP contribution < -0.4 is 21.2 Å². The Morgan fingerprint density at radius 1 is 0.378 bits per heavy atom. The average Bonchev–Trinajstić information content (AvgIpc) is 2.85. The van der Waals surface area contributed by atoms with Gasteiger partial charge in [0.2, 0.25) is 0 Å². The molecule has 4 aromatic rings. The second-order valence-corrected chi connectivity index (χ2v) is 59.7. The Labute approximate surface area is 277 Å². The van der Waals surface area contributed by atoms with Gasteiger partial charge >= 0.3 is 241 Å². The van der Waals surface area contributed by atoms with Crippen LogP contribution in [0.2, 0.25) is 0 Å². The van der Waals surface area contributed by atoms with Gasteiger partial charge in [0, 0.05) is 40.8 Å². The van der Waals surface area contributed by atoms with Crippen molar-refractivity contribution in [2.45, 2.75) is 0 Å². The van der Waals surface area contributed by atoms with Crippen molar-refractivity contribution >= 4 is 87.6 Å². The first-order valence-electron chi connectivity index (χ1n) is 11.0. The molecule has 4 aromatic carbocycles. The summed E-state index contributed by atoms with van der Waals surface area (Å²) in [6.07, 6.45) is 0. The fraction of sp³-hybridized carbons (Fsp3) is 0.0400. The summed E-state index contributed by atoms with van der Waals surface area (Å²) in [5.41, 5.74) is 0. The summed E-state index contributed by atoms with van der Waals surface area (Å²) in [5, 5.41) is -1.68. The van der Waals surface area contributed by atoms with E-state index in [0.29, 0.717) is 5.90 Å². The molecule has 0 aliphatic carbocycles. The molecular formula is C25H24Cl6P2Pd2Ti2. The van der Waals surface area contributed by atoms with Crippen molar-refractivity contribution in [1.82, 2.24) is 0 Å². The Bertz CT molecular complexity index is 1070. The van der Waals surface area contributed by atoms with Crippen LogP contribution in [0.15, 0.2) is 121 Å². The normalized spacial score (nSPS) is 13.1. The minimum absolute atomic E-state index is 0. The van der Waals surface area contributed by atoms with Crippen molar-refractivity contribution in [3.05, 3.63) is 121 Å². The molecule has 0 atom stereocenters. The number of hydrogen-bond donors (Lipinski definition) is 0. The molecule has 4 rings (SSSR count). The molecule has 0 saturated carbocycles. The zero-order chi connectivity index (χ0) is 25.2. The van der Waals surface area contributed by atoms with Gasteiger partial charge in [0.05, 0.1) is 0 Å². The van der Waals surface area contributed by atoms with Crippen molar-refractivity contribution in [3.63, 3.8) is 0 Å². The molecule has 0 bridgehead atoms. The predicted octanol–water partition coefficient (Wildman–Crippen LogP) is 8.80. The zero-order valence-corrected chi connectivity index (χ0v) is 31.9. The van der Waals surface area contributed by atoms with Crippen LogP contribution in [-0.2, 0) is 66.6 Å². The summed E-state index contributed by atoms with van der Waals surface area (Å²) in [5.74, 6) is 0.606. The molecule has 0 nitrogen and oxygen atoms in total. The molecule has 0 heterocycles. The fourth-order valence-corrected chi connectivity index (χ4v) is 75.3. The average molecular weight is 908 g/mol. The van der Waals surface area contributed by atoms with Crippen molar-refractivity contribution in [3.8, 4) is 0 Å². The zero-order valence-electron chi connectivity index (χ0n) is 19.2. The summed E-state index contributed by atoms with van der Waals surface area (Å²) in [6, 6.07) is 40.9. The number of rotatable bonds is 8. The van der Waals surface area contributed by atoms with Crippen LogP contribution in [0.4, 0.5) is 0 Å². The van der Waals surface area contributed by atoms with Gasteiger partial charge in [0.25, 0.3) is 0 Å². The molecule has 204 valence electrons. The molecule has 0 amide bonds. The van der Waals surface area contributed by atoms with Gasteiger partial charge in [0.15, 0.2) is 0 Å². The van der Waals surface area contributed by atoms with E-state index >= 15 is 0 Å². The Kier molecular flexibility index (Phi) is 14.5. The molecule has 12 heteroatoms. The van der Waals surface area contributed by atoms with E-state index in [1.807, 2.05) is 72.8 Å². The van der Waals surface area contributed by atoms with Crippen LogP contribution in [0, 0.1) is 0 Å². The van der Waals surface area contributed by atoms with Crippen LogP contribution in [-0.4, -0.2) is 5.90 Å². The quantitative estimate of drug-likeness (QED) is 0.123. The molecule has 0 radical (unpaired) electrons. The van der Waals surface area contributed by atoms with E-state index in [9.17, 15) is 0 Å². The molecule has 0 aliphatic rings. The summed E-state index contributed by atoms with van der Waals surface area (Å²) in [6.45, 7) is 0. The van der Waals surface area contributed by atoms with Gasteiger partial charge in [-0.15, -0.1) is 0 Å². The molecule has 0 aromatic heterocycles. The van der Waals surface area contributed by atoms with Gasteiger partial charge in [0.1, 0.15) is 0 Å². The first-order valence-corrected chi connectivity index (χ1v) is 33.0. The van der Waals surface area contributed by atoms with E-state index in [0.717, 1.165) is 21.2 Å². The summed E-state index contributed by atoms with van der Waals surface area (Å²) < 4.78 is 0. The molecule has 0 saturated heterocycles. The van der Waals surface area contributed by atoms with E-state index in [2.05, 4.69) is 48.5 Å². The first kappa shape index (κ1) is 35.4. The molecule has 0 N–H and O–H groups in total. The SMILES string of the molecule is [Cl][Ti]([Cl])([Cl])[PH](C[PH](c1ccccc1)(c1ccccc1)[Ti]([Cl])([Cl])[Cl])(c1ccccc1)c1ccccc1.[Pd].[Pd]. The van der Waals surface area contributed by atoms with Crippen LogP contribution >= 0.6 is 66.3 Å². The van der Waals surface area contributed by atoms with Crippen LogP contribution in [0.5, 0.6) is 0 Å². The van der Waals surface area contributed by atoms with Crippen molar-refractivity contribution < 1.29 is 66.6 Å². The Morgan fingerprint density at radius 2 is 0.568 bits per heavy atom. The molecule has 37 heavy (non-hydrogen) atoms. The minimum Gasteiger partial charge on any atom is 0 e. The van der Waals surface area contributed by atoms with Crippen molar-refractivity contribution in [2.75, 3.05) is 5.90 Å². The van der Waals surface area contributed by atoms with Gasteiger partial charge in [-0.25, -0.2) is 0 Å². The van der Waals surface area contributed by atoms with Crippen LogP contribution in [0.1, 0.15) is 0 Å². The number of benzene rings is 4. The molecule has 0 spiro atoms. The van der Waals surface area contributed by atoms with Gasteiger partial charge in [-0.05, 0) is 0 Å². The summed E-state index contributed by atoms with van der Waals surface area (Å²) in [7, 11) is 43.5. The second kappa shape index (κ2) is 15.1. The van der Waals surface area contributed by atoms with Gasteiger partial charge in [-0.2, -0.15) is 0 Å². The van der Waals surface area contributed by atoms with Gasteiger partial charge in [-0.3, -0.25) is 0 Å². The third-order valence-electron chi connectivity index (χ3n) is 6.56. The first-order chi connectivity index (χ1) is 16.6.